The number of benzene rings is 2. The van der Waals surface area contributed by atoms with Crippen molar-refractivity contribution in [1.82, 2.24) is 0 Å². The maximum Gasteiger partial charge on any atom is 0.414 e. The molecule has 0 spiro atoms. The lowest BCUT2D eigenvalue weighted by Gasteiger charge is -2.28. The molecule has 1 aliphatic heterocycles. The van der Waals surface area contributed by atoms with Crippen LogP contribution in [0.15, 0.2) is 53.0 Å². The first-order valence-electron chi connectivity index (χ1n) is 9.96. The van der Waals surface area contributed by atoms with Crippen LogP contribution in [0.1, 0.15) is 63.9 Å². The standard InChI is InChI=1S/C17H14BrNO3.3C2H6/c18-13-6-7-15-14(10-13)16(20)8-9-19(15)17(21)22-11-12-4-2-1-3-5-12;3*1-2/h1-7,10H,8-9,11H2;3*1-2H3. The summed E-state index contributed by atoms with van der Waals surface area (Å²) in [5.74, 6) is 0.0448. The number of halogens is 1. The summed E-state index contributed by atoms with van der Waals surface area (Å²) in [4.78, 5) is 25.8. The molecule has 0 saturated carbocycles. The van der Waals surface area contributed by atoms with Crippen LogP contribution in [0.5, 0.6) is 0 Å². The molecule has 0 aliphatic carbocycles. The fraction of sp³-hybridized carbons (Fsp3) is 0.391. The number of hydrogen-bond donors (Lipinski definition) is 0. The Morgan fingerprint density at radius 3 is 2.21 bits per heavy atom. The van der Waals surface area contributed by atoms with Crippen LogP contribution in [-0.4, -0.2) is 18.4 Å². The molecule has 5 heteroatoms. The number of carbonyl (C=O) groups is 2. The van der Waals surface area contributed by atoms with Gasteiger partial charge in [0.05, 0.1) is 5.69 Å². The van der Waals surface area contributed by atoms with E-state index in [0.717, 1.165) is 10.0 Å². The predicted octanol–water partition coefficient (Wildman–Crippen LogP) is 7.26. The molecule has 1 aliphatic rings. The Kier molecular flexibility index (Phi) is 13.7. The lowest BCUT2D eigenvalue weighted by molar-refractivity contribution is 0.0977. The summed E-state index contributed by atoms with van der Waals surface area (Å²) in [5.41, 5.74) is 2.09. The molecule has 4 nitrogen and oxygen atoms in total. The molecule has 3 rings (SSSR count). The molecule has 2 aromatic rings. The number of anilines is 1. The lowest BCUT2D eigenvalue weighted by atomic mass is 10.0. The Labute approximate surface area is 178 Å². The third-order valence-corrected chi connectivity index (χ3v) is 4.03. The van der Waals surface area contributed by atoms with Gasteiger partial charge in [-0.2, -0.15) is 0 Å². The van der Waals surface area contributed by atoms with Crippen molar-refractivity contribution in [3.05, 3.63) is 64.1 Å². The number of ketones is 1. The molecular weight excluding hydrogens is 418 g/mol. The van der Waals surface area contributed by atoms with Crippen LogP contribution < -0.4 is 4.90 Å². The van der Waals surface area contributed by atoms with Crippen molar-refractivity contribution in [3.8, 4) is 0 Å². The van der Waals surface area contributed by atoms with E-state index in [1.807, 2.05) is 77.9 Å². The number of fused-ring (bicyclic) bond motifs is 1. The summed E-state index contributed by atoms with van der Waals surface area (Å²) >= 11 is 3.35. The van der Waals surface area contributed by atoms with E-state index in [9.17, 15) is 9.59 Å². The molecule has 0 aromatic heterocycles. The minimum atomic E-state index is -0.431. The Morgan fingerprint density at radius 1 is 1.00 bits per heavy atom. The van der Waals surface area contributed by atoms with Crippen molar-refractivity contribution in [2.75, 3.05) is 11.4 Å². The zero-order valence-corrected chi connectivity index (χ0v) is 19.4. The highest BCUT2D eigenvalue weighted by Gasteiger charge is 2.28. The third-order valence-electron chi connectivity index (χ3n) is 3.54. The Morgan fingerprint density at radius 2 is 1.61 bits per heavy atom. The zero-order valence-electron chi connectivity index (χ0n) is 17.8. The number of nitrogens with zero attached hydrogens (tertiary/aromatic N) is 1. The number of rotatable bonds is 2. The average Bonchev–Trinajstić information content (AvgIpc) is 2.77. The molecule has 0 fully saturated rings. The first kappa shape index (κ1) is 25.9. The Hall–Kier alpha value is -2.14. The highest BCUT2D eigenvalue weighted by Crippen LogP contribution is 2.30. The third kappa shape index (κ3) is 7.47. The van der Waals surface area contributed by atoms with E-state index < -0.39 is 6.09 Å². The molecule has 28 heavy (non-hydrogen) atoms. The van der Waals surface area contributed by atoms with Gasteiger partial charge in [0.25, 0.3) is 0 Å². The van der Waals surface area contributed by atoms with Gasteiger partial charge in [-0.3, -0.25) is 9.69 Å². The molecule has 0 saturated heterocycles. The van der Waals surface area contributed by atoms with Crippen LogP contribution in [0, 0.1) is 0 Å². The van der Waals surface area contributed by atoms with Gasteiger partial charge in [0.1, 0.15) is 6.61 Å². The molecule has 2 aromatic carbocycles. The largest absolute Gasteiger partial charge is 0.444 e. The van der Waals surface area contributed by atoms with Gasteiger partial charge in [-0.25, -0.2) is 4.79 Å². The minimum absolute atomic E-state index is 0.0448. The van der Waals surface area contributed by atoms with Crippen molar-refractivity contribution in [1.29, 1.82) is 0 Å². The average molecular weight is 450 g/mol. The van der Waals surface area contributed by atoms with Crippen LogP contribution in [0.3, 0.4) is 0 Å². The molecule has 1 amide bonds. The van der Waals surface area contributed by atoms with Crippen LogP contribution >= 0.6 is 15.9 Å². The van der Waals surface area contributed by atoms with Crippen molar-refractivity contribution in [3.63, 3.8) is 0 Å². The Bertz CT molecular complexity index is 717. The summed E-state index contributed by atoms with van der Waals surface area (Å²) in [7, 11) is 0. The van der Waals surface area contributed by atoms with E-state index in [1.54, 1.807) is 12.1 Å². The van der Waals surface area contributed by atoms with Gasteiger partial charge >= 0.3 is 6.09 Å². The fourth-order valence-corrected chi connectivity index (χ4v) is 2.78. The molecule has 0 atom stereocenters. The highest BCUT2D eigenvalue weighted by molar-refractivity contribution is 9.10. The van der Waals surface area contributed by atoms with Gasteiger partial charge in [-0.05, 0) is 23.8 Å². The fourth-order valence-electron chi connectivity index (χ4n) is 2.42. The molecule has 154 valence electrons. The number of Topliss-reactive ketones (excluding diaryl/α,β-unsaturated/α-hetero) is 1. The Balaban J connectivity index is 0.00000111. The monoisotopic (exact) mass is 449 g/mol. The molecule has 1 heterocycles. The second-order valence-corrected chi connectivity index (χ2v) is 5.94. The number of amides is 1. The van der Waals surface area contributed by atoms with E-state index in [4.69, 9.17) is 4.74 Å². The van der Waals surface area contributed by atoms with Crippen LogP contribution in [0.2, 0.25) is 0 Å². The van der Waals surface area contributed by atoms with E-state index in [1.165, 1.54) is 4.90 Å². The van der Waals surface area contributed by atoms with Gasteiger partial charge in [-0.1, -0.05) is 87.8 Å². The van der Waals surface area contributed by atoms with Crippen molar-refractivity contribution in [2.24, 2.45) is 0 Å². The summed E-state index contributed by atoms with van der Waals surface area (Å²) in [6.45, 7) is 12.6. The van der Waals surface area contributed by atoms with Gasteiger partial charge in [-0.15, -0.1) is 0 Å². The molecule has 0 unspecified atom stereocenters. The SMILES string of the molecule is CC.CC.CC.O=C1CCN(C(=O)OCc2ccccc2)c2ccc(Br)cc21. The lowest BCUT2D eigenvalue weighted by Crippen LogP contribution is -2.37. The van der Waals surface area contributed by atoms with E-state index in [0.29, 0.717) is 24.2 Å². The molecule has 0 radical (unpaired) electrons. The zero-order chi connectivity index (χ0) is 21.5. The van der Waals surface area contributed by atoms with Crippen LogP contribution in [0.4, 0.5) is 10.5 Å². The molecule has 0 N–H and O–H groups in total. The van der Waals surface area contributed by atoms with E-state index in [-0.39, 0.29) is 12.4 Å². The maximum atomic E-state index is 12.3. The summed E-state index contributed by atoms with van der Waals surface area (Å²) in [6.07, 6.45) is -0.121. The van der Waals surface area contributed by atoms with Crippen LogP contribution in [-0.2, 0) is 11.3 Å². The minimum Gasteiger partial charge on any atom is -0.444 e. The first-order valence-corrected chi connectivity index (χ1v) is 10.8. The first-order chi connectivity index (χ1) is 13.6. The van der Waals surface area contributed by atoms with Gasteiger partial charge in [0.15, 0.2) is 5.78 Å². The predicted molar refractivity (Wildman–Crippen MR) is 121 cm³/mol. The second kappa shape index (κ2) is 14.9. The summed E-state index contributed by atoms with van der Waals surface area (Å²) < 4.78 is 6.17. The second-order valence-electron chi connectivity index (χ2n) is 5.03. The van der Waals surface area contributed by atoms with Crippen LogP contribution in [0.25, 0.3) is 0 Å². The van der Waals surface area contributed by atoms with E-state index >= 15 is 0 Å². The van der Waals surface area contributed by atoms with Gasteiger partial charge < -0.3 is 4.74 Å². The molecular formula is C23H32BrNO3. The van der Waals surface area contributed by atoms with Crippen molar-refractivity contribution < 1.29 is 14.3 Å². The quantitative estimate of drug-likeness (QED) is 0.484. The maximum absolute atomic E-state index is 12.3. The van der Waals surface area contributed by atoms with Crippen molar-refractivity contribution in [2.45, 2.75) is 54.6 Å². The number of hydrogen-bond acceptors (Lipinski definition) is 3. The summed E-state index contributed by atoms with van der Waals surface area (Å²) in [6, 6.07) is 14.8. The number of ether oxygens (including phenoxy) is 1. The smallest absolute Gasteiger partial charge is 0.414 e. The van der Waals surface area contributed by atoms with E-state index in [2.05, 4.69) is 15.9 Å². The normalized spacial score (nSPS) is 11.4. The molecule has 0 bridgehead atoms. The summed E-state index contributed by atoms with van der Waals surface area (Å²) in [5, 5.41) is 0. The highest BCUT2D eigenvalue weighted by atomic mass is 79.9. The number of carbonyl (C=O) groups excluding carboxylic acids is 2. The van der Waals surface area contributed by atoms with Gasteiger partial charge in [0.2, 0.25) is 0 Å². The van der Waals surface area contributed by atoms with Gasteiger partial charge in [0, 0.05) is 23.0 Å². The topological polar surface area (TPSA) is 46.6 Å². The van der Waals surface area contributed by atoms with Crippen molar-refractivity contribution >= 4 is 33.5 Å².